The Morgan fingerprint density at radius 3 is 2.61 bits per heavy atom. The lowest BCUT2D eigenvalue weighted by Gasteiger charge is -2.16. The van der Waals surface area contributed by atoms with Crippen LogP contribution in [0.4, 0.5) is 0 Å². The summed E-state index contributed by atoms with van der Waals surface area (Å²) in [5.74, 6) is -2.68. The summed E-state index contributed by atoms with van der Waals surface area (Å²) in [5, 5.41) is 18.7. The number of carbonyl (C=O) groups excluding carboxylic acids is 1. The van der Waals surface area contributed by atoms with Crippen molar-refractivity contribution < 1.29 is 19.8 Å². The lowest BCUT2D eigenvalue weighted by molar-refractivity contribution is -0.133. The molecule has 1 heterocycles. The molecule has 1 aromatic carbocycles. The maximum atomic E-state index is 11.6. The van der Waals surface area contributed by atoms with Crippen molar-refractivity contribution in [3.63, 3.8) is 0 Å². The Labute approximate surface area is 108 Å². The highest BCUT2D eigenvalue weighted by Gasteiger charge is 2.33. The molecule has 0 saturated carbocycles. The van der Waals surface area contributed by atoms with Gasteiger partial charge in [-0.3, -0.25) is 4.79 Å². The van der Waals surface area contributed by atoms with Crippen LogP contribution in [-0.2, 0) is 16.1 Å². The first kappa shape index (κ1) is 12.4. The van der Waals surface area contributed by atoms with E-state index >= 15 is 0 Å². The number of aliphatic carboxylic acids is 1. The van der Waals surface area contributed by atoms with E-state index in [9.17, 15) is 14.7 Å². The van der Waals surface area contributed by atoms with Crippen molar-refractivity contribution in [2.45, 2.75) is 6.54 Å². The SMILES string of the molecule is O=C(O)C1=C(O)C(=O)N(Cc2ccccc2Cl)C1. The smallest absolute Gasteiger partial charge is 0.337 e. The van der Waals surface area contributed by atoms with Crippen LogP contribution in [0.25, 0.3) is 0 Å². The third-order valence-electron chi connectivity index (χ3n) is 2.70. The number of rotatable bonds is 3. The summed E-state index contributed by atoms with van der Waals surface area (Å²) in [6.07, 6.45) is 0. The van der Waals surface area contributed by atoms with E-state index in [-0.39, 0.29) is 18.7 Å². The van der Waals surface area contributed by atoms with E-state index in [1.165, 1.54) is 4.90 Å². The molecule has 1 aliphatic rings. The van der Waals surface area contributed by atoms with Crippen molar-refractivity contribution in [3.05, 3.63) is 46.2 Å². The number of carboxylic acid groups (broad SMARTS) is 1. The summed E-state index contributed by atoms with van der Waals surface area (Å²) in [6.45, 7) is 0.0462. The Balaban J connectivity index is 2.18. The molecule has 0 fully saturated rings. The first-order valence-electron chi connectivity index (χ1n) is 5.18. The number of halogens is 1. The first-order valence-corrected chi connectivity index (χ1v) is 5.56. The van der Waals surface area contributed by atoms with Gasteiger partial charge in [0.2, 0.25) is 0 Å². The third-order valence-corrected chi connectivity index (χ3v) is 3.07. The molecule has 0 spiro atoms. The minimum atomic E-state index is -1.29. The molecule has 6 heteroatoms. The number of nitrogens with zero attached hydrogens (tertiary/aromatic N) is 1. The number of carboxylic acids is 1. The average molecular weight is 268 g/mol. The van der Waals surface area contributed by atoms with E-state index in [0.717, 1.165) is 0 Å². The molecule has 0 saturated heterocycles. The van der Waals surface area contributed by atoms with Crippen LogP contribution < -0.4 is 0 Å². The van der Waals surface area contributed by atoms with Gasteiger partial charge in [0.05, 0.1) is 6.54 Å². The summed E-state index contributed by atoms with van der Waals surface area (Å²) in [5.41, 5.74) is 0.416. The van der Waals surface area contributed by atoms with E-state index in [1.807, 2.05) is 0 Å². The maximum Gasteiger partial charge on any atom is 0.337 e. The van der Waals surface area contributed by atoms with Gasteiger partial charge < -0.3 is 15.1 Å². The maximum absolute atomic E-state index is 11.6. The zero-order valence-electron chi connectivity index (χ0n) is 9.26. The van der Waals surface area contributed by atoms with Gasteiger partial charge in [-0.25, -0.2) is 4.79 Å². The molecular formula is C12H10ClNO4. The zero-order valence-corrected chi connectivity index (χ0v) is 10.0. The molecule has 0 aliphatic carbocycles. The highest BCUT2D eigenvalue weighted by atomic mass is 35.5. The van der Waals surface area contributed by atoms with E-state index in [0.29, 0.717) is 10.6 Å². The number of hydrogen-bond donors (Lipinski definition) is 2. The van der Waals surface area contributed by atoms with Gasteiger partial charge in [-0.2, -0.15) is 0 Å². The van der Waals surface area contributed by atoms with Crippen molar-refractivity contribution in [2.75, 3.05) is 6.54 Å². The number of benzene rings is 1. The first-order chi connectivity index (χ1) is 8.50. The highest BCUT2D eigenvalue weighted by molar-refractivity contribution is 6.31. The van der Waals surface area contributed by atoms with E-state index in [1.54, 1.807) is 24.3 Å². The second-order valence-electron chi connectivity index (χ2n) is 3.88. The van der Waals surface area contributed by atoms with E-state index in [2.05, 4.69) is 0 Å². The monoisotopic (exact) mass is 267 g/mol. The van der Waals surface area contributed by atoms with Gasteiger partial charge >= 0.3 is 5.97 Å². The van der Waals surface area contributed by atoms with Gasteiger partial charge in [-0.15, -0.1) is 0 Å². The normalized spacial score (nSPS) is 15.4. The predicted molar refractivity (Wildman–Crippen MR) is 64.2 cm³/mol. The van der Waals surface area contributed by atoms with E-state index in [4.69, 9.17) is 16.7 Å². The van der Waals surface area contributed by atoms with Gasteiger partial charge in [-0.1, -0.05) is 29.8 Å². The lowest BCUT2D eigenvalue weighted by Crippen LogP contribution is -2.27. The average Bonchev–Trinajstić information content (AvgIpc) is 2.60. The lowest BCUT2D eigenvalue weighted by atomic mass is 10.2. The number of aliphatic hydroxyl groups is 1. The molecule has 1 amide bonds. The van der Waals surface area contributed by atoms with Gasteiger partial charge in [0.15, 0.2) is 5.76 Å². The number of hydrogen-bond acceptors (Lipinski definition) is 3. The van der Waals surface area contributed by atoms with Crippen molar-refractivity contribution in [1.29, 1.82) is 0 Å². The molecule has 1 aromatic rings. The van der Waals surface area contributed by atoms with Gasteiger partial charge in [0, 0.05) is 11.6 Å². The number of carbonyl (C=O) groups is 2. The molecule has 2 rings (SSSR count). The largest absolute Gasteiger partial charge is 0.503 e. The Hall–Kier alpha value is -2.01. The van der Waals surface area contributed by atoms with Crippen molar-refractivity contribution >= 4 is 23.5 Å². The quantitative estimate of drug-likeness (QED) is 0.872. The Kier molecular flexibility index (Phi) is 3.25. The topological polar surface area (TPSA) is 77.8 Å². The minimum Gasteiger partial charge on any atom is -0.503 e. The second-order valence-corrected chi connectivity index (χ2v) is 4.29. The van der Waals surface area contributed by atoms with Crippen molar-refractivity contribution in [2.24, 2.45) is 0 Å². The molecular weight excluding hydrogens is 258 g/mol. The highest BCUT2D eigenvalue weighted by Crippen LogP contribution is 2.23. The standard InChI is InChI=1S/C12H10ClNO4/c13-9-4-2-1-3-7(9)5-14-6-8(12(17)18)10(15)11(14)16/h1-4,15H,5-6H2,(H,17,18). The summed E-state index contributed by atoms with van der Waals surface area (Å²) < 4.78 is 0. The summed E-state index contributed by atoms with van der Waals surface area (Å²) >= 11 is 5.96. The summed E-state index contributed by atoms with van der Waals surface area (Å²) in [4.78, 5) is 23.7. The van der Waals surface area contributed by atoms with Crippen LogP contribution in [-0.4, -0.2) is 33.5 Å². The molecule has 0 bridgehead atoms. The summed E-state index contributed by atoms with van der Waals surface area (Å²) in [7, 11) is 0. The van der Waals surface area contributed by atoms with Gasteiger partial charge in [-0.05, 0) is 11.6 Å². The van der Waals surface area contributed by atoms with Crippen LogP contribution in [0.5, 0.6) is 0 Å². The van der Waals surface area contributed by atoms with Gasteiger partial charge in [0.25, 0.3) is 5.91 Å². The van der Waals surface area contributed by atoms with E-state index < -0.39 is 17.6 Å². The number of amides is 1. The number of aliphatic hydroxyl groups excluding tert-OH is 1. The fraction of sp³-hybridized carbons (Fsp3) is 0.167. The third kappa shape index (κ3) is 2.17. The predicted octanol–water partition coefficient (Wildman–Crippen LogP) is 1.58. The molecule has 2 N–H and O–H groups in total. The molecule has 0 atom stereocenters. The fourth-order valence-electron chi connectivity index (χ4n) is 1.75. The van der Waals surface area contributed by atoms with Crippen LogP contribution >= 0.6 is 11.6 Å². The summed E-state index contributed by atoms with van der Waals surface area (Å²) in [6, 6.07) is 6.96. The Morgan fingerprint density at radius 2 is 2.06 bits per heavy atom. The Morgan fingerprint density at radius 1 is 1.39 bits per heavy atom. The molecule has 1 aliphatic heterocycles. The second kappa shape index (κ2) is 4.70. The molecule has 94 valence electrons. The van der Waals surface area contributed by atoms with Crippen molar-refractivity contribution in [1.82, 2.24) is 4.90 Å². The van der Waals surface area contributed by atoms with Crippen LogP contribution in [0.3, 0.4) is 0 Å². The minimum absolute atomic E-state index is 0.120. The van der Waals surface area contributed by atoms with Crippen molar-refractivity contribution in [3.8, 4) is 0 Å². The molecule has 5 nitrogen and oxygen atoms in total. The van der Waals surface area contributed by atoms with Crippen LogP contribution in [0.2, 0.25) is 5.02 Å². The van der Waals surface area contributed by atoms with Crippen LogP contribution in [0.15, 0.2) is 35.6 Å². The molecule has 18 heavy (non-hydrogen) atoms. The zero-order chi connectivity index (χ0) is 13.3. The Bertz CT molecular complexity index is 553. The van der Waals surface area contributed by atoms with Gasteiger partial charge in [0.1, 0.15) is 5.57 Å². The van der Waals surface area contributed by atoms with Crippen LogP contribution in [0.1, 0.15) is 5.56 Å². The molecule has 0 radical (unpaired) electrons. The fourth-order valence-corrected chi connectivity index (χ4v) is 1.94. The molecule has 0 unspecified atom stereocenters. The molecule has 0 aromatic heterocycles. The van der Waals surface area contributed by atoms with Crippen LogP contribution in [0, 0.1) is 0 Å².